The van der Waals surface area contributed by atoms with E-state index in [2.05, 4.69) is 10.6 Å². The maximum Gasteiger partial charge on any atom is 0.338 e. The summed E-state index contributed by atoms with van der Waals surface area (Å²) in [5.74, 6) is -1.35. The van der Waals surface area contributed by atoms with Gasteiger partial charge in [-0.15, -0.1) is 0 Å². The number of amides is 2. The summed E-state index contributed by atoms with van der Waals surface area (Å²) < 4.78 is 9.77. The van der Waals surface area contributed by atoms with Crippen molar-refractivity contribution in [2.75, 3.05) is 19.0 Å². The monoisotopic (exact) mass is 294 g/mol. The quantitative estimate of drug-likeness (QED) is 0.595. The van der Waals surface area contributed by atoms with Crippen molar-refractivity contribution in [1.82, 2.24) is 5.32 Å². The minimum atomic E-state index is -1.38. The van der Waals surface area contributed by atoms with Gasteiger partial charge in [-0.1, -0.05) is 0 Å². The lowest BCUT2D eigenvalue weighted by Crippen LogP contribution is -2.49. The highest BCUT2D eigenvalue weighted by atomic mass is 16.5. The molecule has 1 rings (SSSR count). The van der Waals surface area contributed by atoms with Crippen LogP contribution in [0.2, 0.25) is 0 Å². The molecule has 1 aromatic carbocycles. The number of hydrogen-bond acceptors (Lipinski definition) is 5. The van der Waals surface area contributed by atoms with Crippen molar-refractivity contribution in [2.45, 2.75) is 19.9 Å². The summed E-state index contributed by atoms with van der Waals surface area (Å²) in [7, 11) is 1.53. The molecule has 0 aliphatic rings. The van der Waals surface area contributed by atoms with E-state index in [0.717, 1.165) is 0 Å². The maximum absolute atomic E-state index is 12.1. The Hall–Kier alpha value is -2.57. The summed E-state index contributed by atoms with van der Waals surface area (Å²) >= 11 is 0. The van der Waals surface area contributed by atoms with E-state index in [1.807, 2.05) is 0 Å². The van der Waals surface area contributed by atoms with E-state index in [-0.39, 0.29) is 6.61 Å². The standard InChI is InChI=1S/C14H18N2O5/c1-4-21-14(19)12(15-9(2)17)13(18)16-10-5-7-11(20-3)8-6-10/h5-8,12H,4H2,1-3H3,(H,15,17)(H,16,18)/t12-/m0/s1. The van der Waals surface area contributed by atoms with Gasteiger partial charge in [-0.2, -0.15) is 0 Å². The van der Waals surface area contributed by atoms with Crippen LogP contribution in [-0.2, 0) is 19.1 Å². The molecule has 0 radical (unpaired) electrons. The molecule has 7 nitrogen and oxygen atoms in total. The molecule has 0 saturated carbocycles. The van der Waals surface area contributed by atoms with Gasteiger partial charge in [0.2, 0.25) is 11.9 Å². The molecule has 2 N–H and O–H groups in total. The molecule has 1 atom stereocenters. The average molecular weight is 294 g/mol. The predicted octanol–water partition coefficient (Wildman–Crippen LogP) is 0.701. The zero-order valence-electron chi connectivity index (χ0n) is 12.1. The molecule has 0 aromatic heterocycles. The largest absolute Gasteiger partial charge is 0.497 e. The number of hydrogen-bond donors (Lipinski definition) is 2. The summed E-state index contributed by atoms with van der Waals surface area (Å²) in [6.45, 7) is 2.95. The van der Waals surface area contributed by atoms with Crippen molar-refractivity contribution < 1.29 is 23.9 Å². The molecule has 0 bridgehead atoms. The SMILES string of the molecule is CCOC(=O)[C@@H](NC(C)=O)C(=O)Nc1ccc(OC)cc1. The first kappa shape index (κ1) is 16.5. The van der Waals surface area contributed by atoms with Crippen LogP contribution >= 0.6 is 0 Å². The number of benzene rings is 1. The molecule has 1 aromatic rings. The molecule has 0 aliphatic carbocycles. The van der Waals surface area contributed by atoms with E-state index in [4.69, 9.17) is 9.47 Å². The number of carbonyl (C=O) groups is 3. The van der Waals surface area contributed by atoms with Crippen molar-refractivity contribution in [3.8, 4) is 5.75 Å². The van der Waals surface area contributed by atoms with Crippen LogP contribution in [0.15, 0.2) is 24.3 Å². The lowest BCUT2D eigenvalue weighted by molar-refractivity contribution is -0.149. The molecule has 114 valence electrons. The van der Waals surface area contributed by atoms with Crippen molar-refractivity contribution in [3.63, 3.8) is 0 Å². The van der Waals surface area contributed by atoms with Gasteiger partial charge in [-0.25, -0.2) is 4.79 Å². The second-order valence-electron chi connectivity index (χ2n) is 4.10. The van der Waals surface area contributed by atoms with Crippen LogP contribution in [-0.4, -0.2) is 37.5 Å². The van der Waals surface area contributed by atoms with Gasteiger partial charge >= 0.3 is 5.97 Å². The first-order valence-electron chi connectivity index (χ1n) is 6.36. The van der Waals surface area contributed by atoms with E-state index in [1.54, 1.807) is 31.2 Å². The van der Waals surface area contributed by atoms with Crippen molar-refractivity contribution >= 4 is 23.5 Å². The lowest BCUT2D eigenvalue weighted by atomic mass is 10.2. The van der Waals surface area contributed by atoms with Crippen LogP contribution in [0.5, 0.6) is 5.75 Å². The summed E-state index contributed by atoms with van der Waals surface area (Å²) in [5.41, 5.74) is 0.473. The van der Waals surface area contributed by atoms with E-state index >= 15 is 0 Å². The maximum atomic E-state index is 12.1. The van der Waals surface area contributed by atoms with Gasteiger partial charge in [0, 0.05) is 12.6 Å². The Morgan fingerprint density at radius 1 is 1.19 bits per heavy atom. The van der Waals surface area contributed by atoms with Gasteiger partial charge in [0.1, 0.15) is 5.75 Å². The fourth-order valence-electron chi connectivity index (χ4n) is 1.55. The molecule has 0 unspecified atom stereocenters. The third-order valence-electron chi connectivity index (χ3n) is 2.49. The molecule has 0 heterocycles. The Kier molecular flexibility index (Phi) is 6.19. The fraction of sp³-hybridized carbons (Fsp3) is 0.357. The number of methoxy groups -OCH3 is 1. The van der Waals surface area contributed by atoms with Crippen LogP contribution in [0.1, 0.15) is 13.8 Å². The van der Waals surface area contributed by atoms with Crippen LogP contribution in [0.25, 0.3) is 0 Å². The van der Waals surface area contributed by atoms with Crippen LogP contribution in [0.3, 0.4) is 0 Å². The Bertz CT molecular complexity index is 513. The van der Waals surface area contributed by atoms with E-state index in [0.29, 0.717) is 11.4 Å². The second kappa shape index (κ2) is 7.88. The number of carbonyl (C=O) groups excluding carboxylic acids is 3. The number of ether oxygens (including phenoxy) is 2. The fourth-order valence-corrected chi connectivity index (χ4v) is 1.55. The number of esters is 1. The van der Waals surface area contributed by atoms with E-state index in [1.165, 1.54) is 14.0 Å². The Morgan fingerprint density at radius 2 is 1.81 bits per heavy atom. The van der Waals surface area contributed by atoms with Crippen molar-refractivity contribution in [2.24, 2.45) is 0 Å². The van der Waals surface area contributed by atoms with Gasteiger partial charge in [0.15, 0.2) is 0 Å². The molecular formula is C14H18N2O5. The third kappa shape index (κ3) is 5.13. The number of anilines is 1. The molecular weight excluding hydrogens is 276 g/mol. The second-order valence-corrected chi connectivity index (χ2v) is 4.10. The first-order valence-corrected chi connectivity index (χ1v) is 6.36. The van der Waals surface area contributed by atoms with Crippen LogP contribution in [0.4, 0.5) is 5.69 Å². The Morgan fingerprint density at radius 3 is 2.29 bits per heavy atom. The van der Waals surface area contributed by atoms with Gasteiger partial charge in [0.05, 0.1) is 13.7 Å². The normalized spacial score (nSPS) is 11.2. The third-order valence-corrected chi connectivity index (χ3v) is 2.49. The molecule has 0 aliphatic heterocycles. The van der Waals surface area contributed by atoms with Crippen LogP contribution in [0, 0.1) is 0 Å². The molecule has 21 heavy (non-hydrogen) atoms. The Labute approximate surface area is 122 Å². The number of rotatable bonds is 6. The zero-order chi connectivity index (χ0) is 15.8. The molecule has 0 fully saturated rings. The summed E-state index contributed by atoms with van der Waals surface area (Å²) in [6.07, 6.45) is 0. The number of nitrogens with one attached hydrogen (secondary N) is 2. The average Bonchev–Trinajstić information content (AvgIpc) is 2.45. The van der Waals surface area contributed by atoms with Crippen LogP contribution < -0.4 is 15.4 Å². The van der Waals surface area contributed by atoms with Gasteiger partial charge in [-0.3, -0.25) is 9.59 Å². The predicted molar refractivity (Wildman–Crippen MR) is 75.9 cm³/mol. The molecule has 0 saturated heterocycles. The molecule has 2 amide bonds. The zero-order valence-corrected chi connectivity index (χ0v) is 12.1. The lowest BCUT2D eigenvalue weighted by Gasteiger charge is -2.16. The minimum absolute atomic E-state index is 0.116. The van der Waals surface area contributed by atoms with E-state index in [9.17, 15) is 14.4 Å². The minimum Gasteiger partial charge on any atom is -0.497 e. The topological polar surface area (TPSA) is 93.7 Å². The summed E-state index contributed by atoms with van der Waals surface area (Å²) in [4.78, 5) is 34.8. The Balaban J connectivity index is 2.79. The van der Waals surface area contributed by atoms with Gasteiger partial charge < -0.3 is 20.1 Å². The summed E-state index contributed by atoms with van der Waals surface area (Å²) in [6, 6.07) is 5.17. The molecule has 0 spiro atoms. The van der Waals surface area contributed by atoms with Gasteiger partial charge in [-0.05, 0) is 31.2 Å². The summed E-state index contributed by atoms with van der Waals surface area (Å²) in [5, 5.41) is 4.78. The smallest absolute Gasteiger partial charge is 0.338 e. The van der Waals surface area contributed by atoms with Crippen molar-refractivity contribution in [1.29, 1.82) is 0 Å². The highest BCUT2D eigenvalue weighted by Gasteiger charge is 2.28. The first-order chi connectivity index (χ1) is 9.97. The highest BCUT2D eigenvalue weighted by molar-refractivity contribution is 6.10. The molecule has 7 heteroatoms. The highest BCUT2D eigenvalue weighted by Crippen LogP contribution is 2.15. The van der Waals surface area contributed by atoms with E-state index < -0.39 is 23.8 Å². The van der Waals surface area contributed by atoms with Gasteiger partial charge in [0.25, 0.3) is 5.91 Å². The van der Waals surface area contributed by atoms with Crippen molar-refractivity contribution in [3.05, 3.63) is 24.3 Å².